The Hall–Kier alpha value is -2.62. The number of nitro groups is 1. The molecule has 7 nitrogen and oxygen atoms in total. The minimum atomic E-state index is -1.00. The van der Waals surface area contributed by atoms with Crippen LogP contribution >= 0.6 is 0 Å². The molecule has 1 aromatic rings. The van der Waals surface area contributed by atoms with Gasteiger partial charge in [-0.05, 0) is 25.8 Å². The van der Waals surface area contributed by atoms with Crippen LogP contribution in [0.25, 0.3) is 0 Å². The number of carbonyl (C=O) groups is 1. The summed E-state index contributed by atoms with van der Waals surface area (Å²) in [5.74, 6) is -0.309. The lowest BCUT2D eigenvalue weighted by molar-refractivity contribution is -0.384. The zero-order chi connectivity index (χ0) is 16.9. The van der Waals surface area contributed by atoms with Gasteiger partial charge in [0, 0.05) is 6.07 Å². The summed E-state index contributed by atoms with van der Waals surface area (Å²) in [4.78, 5) is 22.3. The van der Waals surface area contributed by atoms with Crippen LogP contribution in [0.1, 0.15) is 27.7 Å². The number of ether oxygens (including phenoxy) is 1. The minimum Gasteiger partial charge on any atom is -0.481 e. The smallest absolute Gasteiger partial charge is 0.273 e. The van der Waals surface area contributed by atoms with Crippen LogP contribution in [0.15, 0.2) is 24.3 Å². The van der Waals surface area contributed by atoms with E-state index in [0.717, 1.165) is 0 Å². The number of carbonyl (C=O) groups excluding carboxylic acids is 1. The number of non-ortho nitro benzene ring substituents is 1. The Labute approximate surface area is 129 Å². The molecule has 0 heterocycles. The second-order valence-corrected chi connectivity index (χ2v) is 5.47. The van der Waals surface area contributed by atoms with E-state index in [9.17, 15) is 20.2 Å². The van der Waals surface area contributed by atoms with Crippen molar-refractivity contribution >= 4 is 11.6 Å². The molecular formula is C15H19N3O4. The van der Waals surface area contributed by atoms with E-state index in [1.54, 1.807) is 6.92 Å². The quantitative estimate of drug-likeness (QED) is 0.641. The van der Waals surface area contributed by atoms with Crippen LogP contribution in [0.2, 0.25) is 0 Å². The van der Waals surface area contributed by atoms with Gasteiger partial charge in [-0.15, -0.1) is 0 Å². The first kappa shape index (κ1) is 17.4. The lowest BCUT2D eigenvalue weighted by atomic mass is 9.90. The summed E-state index contributed by atoms with van der Waals surface area (Å²) in [6.45, 7) is 6.81. The maximum atomic E-state index is 12.1. The Balaban J connectivity index is 2.79. The fourth-order valence-electron chi connectivity index (χ4n) is 1.59. The van der Waals surface area contributed by atoms with Crippen LogP contribution in [-0.4, -0.2) is 22.5 Å². The SMILES string of the molecule is CC(C)[C@@](C)(C#N)NC(=O)[C@@H](C)Oc1cccc([N+](=O)[O-])c1. The molecular weight excluding hydrogens is 286 g/mol. The lowest BCUT2D eigenvalue weighted by Crippen LogP contribution is -2.52. The minimum absolute atomic E-state index is 0.0773. The number of nitro benzene ring substituents is 1. The van der Waals surface area contributed by atoms with Crippen LogP contribution in [0, 0.1) is 27.4 Å². The first-order valence-electron chi connectivity index (χ1n) is 6.84. The molecule has 0 radical (unpaired) electrons. The summed E-state index contributed by atoms with van der Waals surface area (Å²) in [6.07, 6.45) is -0.881. The van der Waals surface area contributed by atoms with Crippen LogP contribution in [0.5, 0.6) is 5.75 Å². The molecule has 0 aromatic heterocycles. The molecule has 0 aliphatic carbocycles. The highest BCUT2D eigenvalue weighted by atomic mass is 16.6. The number of hydrogen-bond donors (Lipinski definition) is 1. The number of benzene rings is 1. The van der Waals surface area contributed by atoms with Crippen molar-refractivity contribution < 1.29 is 14.5 Å². The molecule has 118 valence electrons. The van der Waals surface area contributed by atoms with E-state index in [4.69, 9.17) is 4.74 Å². The number of nitrogens with zero attached hydrogens (tertiary/aromatic N) is 2. The number of nitriles is 1. The second kappa shape index (κ2) is 6.89. The topological polar surface area (TPSA) is 105 Å². The average Bonchev–Trinajstić information content (AvgIpc) is 2.46. The summed E-state index contributed by atoms with van der Waals surface area (Å²) < 4.78 is 5.41. The predicted molar refractivity (Wildman–Crippen MR) is 80.2 cm³/mol. The Morgan fingerprint density at radius 2 is 2.09 bits per heavy atom. The van der Waals surface area contributed by atoms with Crippen molar-refractivity contribution in [2.24, 2.45) is 5.92 Å². The number of rotatable bonds is 6. The fourth-order valence-corrected chi connectivity index (χ4v) is 1.59. The molecule has 0 fully saturated rings. The first-order valence-corrected chi connectivity index (χ1v) is 6.84. The molecule has 1 rings (SSSR count). The van der Waals surface area contributed by atoms with E-state index < -0.39 is 22.5 Å². The third kappa shape index (κ3) is 4.19. The van der Waals surface area contributed by atoms with E-state index in [-0.39, 0.29) is 17.4 Å². The third-order valence-corrected chi connectivity index (χ3v) is 3.48. The van der Waals surface area contributed by atoms with E-state index in [1.165, 1.54) is 31.2 Å². The molecule has 0 spiro atoms. The monoisotopic (exact) mass is 305 g/mol. The fraction of sp³-hybridized carbons (Fsp3) is 0.467. The molecule has 1 amide bonds. The van der Waals surface area contributed by atoms with Crippen LogP contribution in [0.4, 0.5) is 5.69 Å². The normalized spacial score (nSPS) is 14.5. The highest BCUT2D eigenvalue weighted by Crippen LogP contribution is 2.21. The second-order valence-electron chi connectivity index (χ2n) is 5.47. The van der Waals surface area contributed by atoms with Crippen molar-refractivity contribution in [2.45, 2.75) is 39.3 Å². The zero-order valence-corrected chi connectivity index (χ0v) is 13.0. The largest absolute Gasteiger partial charge is 0.481 e. The Kier molecular flexibility index (Phi) is 5.46. The van der Waals surface area contributed by atoms with Crippen molar-refractivity contribution in [3.8, 4) is 11.8 Å². The standard InChI is InChI=1S/C15H19N3O4/c1-10(2)15(4,9-16)17-14(19)11(3)22-13-7-5-6-12(8-13)18(20)21/h5-8,10-11H,1-4H3,(H,17,19)/t11-,15-/m1/s1. The molecule has 2 atom stereocenters. The molecule has 0 bridgehead atoms. The molecule has 0 unspecified atom stereocenters. The summed E-state index contributed by atoms with van der Waals surface area (Å²) >= 11 is 0. The summed E-state index contributed by atoms with van der Waals surface area (Å²) in [5, 5.41) is 22.5. The van der Waals surface area contributed by atoms with Gasteiger partial charge in [-0.3, -0.25) is 14.9 Å². The van der Waals surface area contributed by atoms with Gasteiger partial charge in [0.1, 0.15) is 11.3 Å². The molecule has 0 saturated carbocycles. The molecule has 0 aliphatic rings. The summed E-state index contributed by atoms with van der Waals surface area (Å²) in [7, 11) is 0. The van der Waals surface area contributed by atoms with Crippen molar-refractivity contribution in [1.29, 1.82) is 5.26 Å². The van der Waals surface area contributed by atoms with Gasteiger partial charge in [0.15, 0.2) is 6.10 Å². The number of hydrogen-bond acceptors (Lipinski definition) is 5. The summed E-state index contributed by atoms with van der Waals surface area (Å²) in [6, 6.07) is 7.67. The molecule has 0 saturated heterocycles. The van der Waals surface area contributed by atoms with Gasteiger partial charge in [-0.2, -0.15) is 5.26 Å². The number of nitrogens with one attached hydrogen (secondary N) is 1. The highest BCUT2D eigenvalue weighted by Gasteiger charge is 2.32. The van der Waals surface area contributed by atoms with Gasteiger partial charge in [-0.25, -0.2) is 0 Å². The summed E-state index contributed by atoms with van der Waals surface area (Å²) in [5.41, 5.74) is -1.12. The Morgan fingerprint density at radius 1 is 1.45 bits per heavy atom. The van der Waals surface area contributed by atoms with Gasteiger partial charge in [0.25, 0.3) is 11.6 Å². The average molecular weight is 305 g/mol. The molecule has 1 N–H and O–H groups in total. The van der Waals surface area contributed by atoms with Crippen LogP contribution < -0.4 is 10.1 Å². The third-order valence-electron chi connectivity index (χ3n) is 3.48. The van der Waals surface area contributed by atoms with Gasteiger partial charge in [-0.1, -0.05) is 19.9 Å². The van der Waals surface area contributed by atoms with E-state index in [1.807, 2.05) is 13.8 Å². The van der Waals surface area contributed by atoms with Crippen LogP contribution in [-0.2, 0) is 4.79 Å². The Bertz CT molecular complexity index is 609. The van der Waals surface area contributed by atoms with Crippen molar-refractivity contribution in [2.75, 3.05) is 0 Å². The van der Waals surface area contributed by atoms with Crippen molar-refractivity contribution in [3.05, 3.63) is 34.4 Å². The molecule has 1 aromatic carbocycles. The van der Waals surface area contributed by atoms with Gasteiger partial charge in [0.05, 0.1) is 17.1 Å². The van der Waals surface area contributed by atoms with Gasteiger partial charge >= 0.3 is 0 Å². The van der Waals surface area contributed by atoms with Gasteiger partial charge in [0.2, 0.25) is 0 Å². The van der Waals surface area contributed by atoms with E-state index in [0.29, 0.717) is 0 Å². The van der Waals surface area contributed by atoms with Gasteiger partial charge < -0.3 is 10.1 Å². The molecule has 22 heavy (non-hydrogen) atoms. The predicted octanol–water partition coefficient (Wildman–Crippen LogP) is 2.42. The number of amides is 1. The lowest BCUT2D eigenvalue weighted by Gasteiger charge is -2.28. The first-order chi connectivity index (χ1) is 10.2. The maximum absolute atomic E-state index is 12.1. The van der Waals surface area contributed by atoms with E-state index >= 15 is 0 Å². The van der Waals surface area contributed by atoms with Crippen LogP contribution in [0.3, 0.4) is 0 Å². The van der Waals surface area contributed by atoms with Crippen molar-refractivity contribution in [3.63, 3.8) is 0 Å². The van der Waals surface area contributed by atoms with Crippen molar-refractivity contribution in [1.82, 2.24) is 5.32 Å². The van der Waals surface area contributed by atoms with E-state index in [2.05, 4.69) is 11.4 Å². The molecule has 7 heteroatoms. The zero-order valence-electron chi connectivity index (χ0n) is 13.0. The highest BCUT2D eigenvalue weighted by molar-refractivity contribution is 5.81. The molecule has 0 aliphatic heterocycles. The Morgan fingerprint density at radius 3 is 2.59 bits per heavy atom. The maximum Gasteiger partial charge on any atom is 0.273 e.